The zero-order valence-electron chi connectivity index (χ0n) is 16.6. The lowest BCUT2D eigenvalue weighted by molar-refractivity contribution is 0.252. The highest BCUT2D eigenvalue weighted by Crippen LogP contribution is 2.16. The maximum Gasteiger partial charge on any atom is 0.319 e. The van der Waals surface area contributed by atoms with Gasteiger partial charge in [0.1, 0.15) is 0 Å². The molecule has 0 atom stereocenters. The van der Waals surface area contributed by atoms with Gasteiger partial charge in [-0.3, -0.25) is 0 Å². The molecular formula is C22H27N5O. The SMILES string of the molecule is Cc1cc(C)n(-c2cccc(NC(=O)NCCCN(C)c3ccccc3)c2)n1. The molecule has 1 aromatic heterocycles. The molecule has 1 heterocycles. The van der Waals surface area contributed by atoms with Gasteiger partial charge in [-0.25, -0.2) is 9.48 Å². The second kappa shape index (κ2) is 9.08. The number of carbonyl (C=O) groups is 1. The number of nitrogens with zero attached hydrogens (tertiary/aromatic N) is 3. The summed E-state index contributed by atoms with van der Waals surface area (Å²) in [5, 5.41) is 10.3. The highest BCUT2D eigenvalue weighted by molar-refractivity contribution is 5.89. The van der Waals surface area contributed by atoms with E-state index in [0.717, 1.165) is 35.7 Å². The third-order valence-corrected chi connectivity index (χ3v) is 4.51. The van der Waals surface area contributed by atoms with Crippen molar-refractivity contribution >= 4 is 17.4 Å². The molecule has 0 unspecified atom stereocenters. The number of anilines is 2. The lowest BCUT2D eigenvalue weighted by Gasteiger charge is -2.19. The molecule has 0 fully saturated rings. The van der Waals surface area contributed by atoms with E-state index in [0.29, 0.717) is 6.54 Å². The fourth-order valence-corrected chi connectivity index (χ4v) is 3.11. The second-order valence-corrected chi connectivity index (χ2v) is 6.88. The Morgan fingerprint density at radius 3 is 2.57 bits per heavy atom. The Morgan fingerprint density at radius 1 is 1.07 bits per heavy atom. The van der Waals surface area contributed by atoms with Crippen molar-refractivity contribution in [2.75, 3.05) is 30.4 Å². The zero-order chi connectivity index (χ0) is 19.9. The van der Waals surface area contributed by atoms with E-state index >= 15 is 0 Å². The standard InChI is InChI=1S/C22H27N5O/c1-17-15-18(2)27(25-17)21-12-7-9-19(16-21)24-22(28)23-13-8-14-26(3)20-10-5-4-6-11-20/h4-7,9-12,15-16H,8,13-14H2,1-3H3,(H2,23,24,28). The molecular weight excluding hydrogens is 350 g/mol. The molecule has 0 radical (unpaired) electrons. The van der Waals surface area contributed by atoms with Gasteiger partial charge in [-0.1, -0.05) is 24.3 Å². The van der Waals surface area contributed by atoms with Crippen LogP contribution in [-0.2, 0) is 0 Å². The van der Waals surface area contributed by atoms with Gasteiger partial charge >= 0.3 is 6.03 Å². The minimum atomic E-state index is -0.201. The van der Waals surface area contributed by atoms with Crippen molar-refractivity contribution in [1.29, 1.82) is 0 Å². The summed E-state index contributed by atoms with van der Waals surface area (Å²) in [5.74, 6) is 0. The van der Waals surface area contributed by atoms with Gasteiger partial charge in [-0.15, -0.1) is 0 Å². The number of urea groups is 1. The zero-order valence-corrected chi connectivity index (χ0v) is 16.6. The lowest BCUT2D eigenvalue weighted by Crippen LogP contribution is -2.31. The molecule has 2 aromatic carbocycles. The van der Waals surface area contributed by atoms with Gasteiger partial charge in [0.25, 0.3) is 0 Å². The number of carbonyl (C=O) groups excluding carboxylic acids is 1. The molecule has 28 heavy (non-hydrogen) atoms. The van der Waals surface area contributed by atoms with Crippen molar-refractivity contribution in [3.8, 4) is 5.69 Å². The van der Waals surface area contributed by atoms with Crippen LogP contribution in [0.25, 0.3) is 5.69 Å². The maximum atomic E-state index is 12.2. The van der Waals surface area contributed by atoms with Crippen LogP contribution in [0.15, 0.2) is 60.7 Å². The first kappa shape index (κ1) is 19.5. The third-order valence-electron chi connectivity index (χ3n) is 4.51. The average molecular weight is 377 g/mol. The van der Waals surface area contributed by atoms with E-state index in [9.17, 15) is 4.79 Å². The number of amides is 2. The Hall–Kier alpha value is -3.28. The number of hydrogen-bond acceptors (Lipinski definition) is 3. The summed E-state index contributed by atoms with van der Waals surface area (Å²) in [5.41, 5.74) is 4.86. The first-order valence-electron chi connectivity index (χ1n) is 9.47. The van der Waals surface area contributed by atoms with E-state index in [1.165, 1.54) is 5.69 Å². The van der Waals surface area contributed by atoms with Gasteiger partial charge < -0.3 is 15.5 Å². The topological polar surface area (TPSA) is 62.2 Å². The molecule has 3 rings (SSSR count). The minimum absolute atomic E-state index is 0.201. The van der Waals surface area contributed by atoms with Crippen molar-refractivity contribution in [2.24, 2.45) is 0 Å². The van der Waals surface area contributed by atoms with Gasteiger partial charge in [0.15, 0.2) is 0 Å². The van der Waals surface area contributed by atoms with Gasteiger partial charge in [0.2, 0.25) is 0 Å². The van der Waals surface area contributed by atoms with Gasteiger partial charge in [0.05, 0.1) is 11.4 Å². The molecule has 0 saturated carbocycles. The predicted molar refractivity (Wildman–Crippen MR) is 114 cm³/mol. The Kier molecular flexibility index (Phi) is 6.32. The van der Waals surface area contributed by atoms with E-state index in [-0.39, 0.29) is 6.03 Å². The minimum Gasteiger partial charge on any atom is -0.375 e. The van der Waals surface area contributed by atoms with Crippen LogP contribution in [0.3, 0.4) is 0 Å². The number of benzene rings is 2. The van der Waals surface area contributed by atoms with Crippen molar-refractivity contribution < 1.29 is 4.79 Å². The number of para-hydroxylation sites is 1. The summed E-state index contributed by atoms with van der Waals surface area (Å²) in [6.07, 6.45) is 0.866. The number of aryl methyl sites for hydroxylation is 2. The van der Waals surface area contributed by atoms with Crippen LogP contribution in [-0.4, -0.2) is 35.9 Å². The van der Waals surface area contributed by atoms with Crippen LogP contribution in [0.1, 0.15) is 17.8 Å². The molecule has 2 N–H and O–H groups in total. The van der Waals surface area contributed by atoms with Crippen molar-refractivity contribution in [2.45, 2.75) is 20.3 Å². The van der Waals surface area contributed by atoms with E-state index in [2.05, 4.69) is 39.8 Å². The van der Waals surface area contributed by atoms with E-state index in [4.69, 9.17) is 0 Å². The molecule has 0 aliphatic heterocycles. The highest BCUT2D eigenvalue weighted by Gasteiger charge is 2.07. The lowest BCUT2D eigenvalue weighted by atomic mass is 10.2. The first-order chi connectivity index (χ1) is 13.5. The number of aromatic nitrogens is 2. The van der Waals surface area contributed by atoms with Crippen LogP contribution in [0.2, 0.25) is 0 Å². The monoisotopic (exact) mass is 377 g/mol. The van der Waals surface area contributed by atoms with Gasteiger partial charge in [-0.05, 0) is 56.7 Å². The first-order valence-corrected chi connectivity index (χ1v) is 9.47. The maximum absolute atomic E-state index is 12.2. The molecule has 2 amide bonds. The molecule has 6 nitrogen and oxygen atoms in total. The Bertz CT molecular complexity index is 920. The quantitative estimate of drug-likeness (QED) is 0.609. The molecule has 0 saturated heterocycles. The molecule has 0 spiro atoms. The van der Waals surface area contributed by atoms with Crippen LogP contribution >= 0.6 is 0 Å². The third kappa shape index (κ3) is 5.13. The summed E-state index contributed by atoms with van der Waals surface area (Å²) in [6.45, 7) is 5.46. The number of rotatable bonds is 7. The summed E-state index contributed by atoms with van der Waals surface area (Å²) >= 11 is 0. The molecule has 6 heteroatoms. The normalized spacial score (nSPS) is 10.5. The van der Waals surface area contributed by atoms with Crippen LogP contribution in [0, 0.1) is 13.8 Å². The summed E-state index contributed by atoms with van der Waals surface area (Å²) in [4.78, 5) is 14.4. The van der Waals surface area contributed by atoms with Crippen LogP contribution < -0.4 is 15.5 Å². The van der Waals surface area contributed by atoms with Crippen molar-refractivity contribution in [1.82, 2.24) is 15.1 Å². The molecule has 3 aromatic rings. The van der Waals surface area contributed by atoms with Crippen molar-refractivity contribution in [3.63, 3.8) is 0 Å². The Morgan fingerprint density at radius 2 is 1.86 bits per heavy atom. The molecule has 0 aliphatic carbocycles. The van der Waals surface area contributed by atoms with Gasteiger partial charge in [-0.2, -0.15) is 5.10 Å². The molecule has 0 aliphatic rings. The number of nitrogens with one attached hydrogen (secondary N) is 2. The summed E-state index contributed by atoms with van der Waals surface area (Å²) < 4.78 is 1.87. The van der Waals surface area contributed by atoms with Gasteiger partial charge in [0, 0.05) is 37.2 Å². The van der Waals surface area contributed by atoms with Crippen LogP contribution in [0.4, 0.5) is 16.2 Å². The smallest absolute Gasteiger partial charge is 0.319 e. The predicted octanol–water partition coefficient (Wildman–Crippen LogP) is 4.14. The van der Waals surface area contributed by atoms with E-state index in [1.54, 1.807) is 0 Å². The summed E-state index contributed by atoms with van der Waals surface area (Å²) in [6, 6.07) is 19.7. The van der Waals surface area contributed by atoms with Crippen LogP contribution in [0.5, 0.6) is 0 Å². The van der Waals surface area contributed by atoms with E-state index in [1.807, 2.05) is 67.1 Å². The summed E-state index contributed by atoms with van der Waals surface area (Å²) in [7, 11) is 2.06. The van der Waals surface area contributed by atoms with E-state index < -0.39 is 0 Å². The average Bonchev–Trinajstić information content (AvgIpc) is 3.04. The Balaban J connectivity index is 1.47. The fourth-order valence-electron chi connectivity index (χ4n) is 3.11. The molecule has 0 bridgehead atoms. The Labute approximate surface area is 166 Å². The van der Waals surface area contributed by atoms with Crippen molar-refractivity contribution in [3.05, 3.63) is 72.1 Å². The second-order valence-electron chi connectivity index (χ2n) is 6.88. The number of hydrogen-bond donors (Lipinski definition) is 2. The molecule has 146 valence electrons. The fraction of sp³-hybridized carbons (Fsp3) is 0.273. The largest absolute Gasteiger partial charge is 0.375 e. The highest BCUT2D eigenvalue weighted by atomic mass is 16.2.